The minimum absolute atomic E-state index is 0.00958. The van der Waals surface area contributed by atoms with Gasteiger partial charge in [0, 0.05) is 17.4 Å². The van der Waals surface area contributed by atoms with Gasteiger partial charge in [-0.2, -0.15) is 10.4 Å². The average molecular weight is 305 g/mol. The number of carbonyl (C=O) groups excluding carboxylic acids is 1. The molecule has 23 heavy (non-hydrogen) atoms. The quantitative estimate of drug-likeness (QED) is 0.748. The van der Waals surface area contributed by atoms with E-state index in [2.05, 4.69) is 10.1 Å². The van der Waals surface area contributed by atoms with Crippen molar-refractivity contribution < 1.29 is 4.79 Å². The molecule has 1 aromatic carbocycles. The molecule has 0 radical (unpaired) electrons. The van der Waals surface area contributed by atoms with Crippen LogP contribution in [0.5, 0.6) is 0 Å². The van der Waals surface area contributed by atoms with E-state index in [9.17, 15) is 4.79 Å². The van der Waals surface area contributed by atoms with Gasteiger partial charge in [0.1, 0.15) is 11.8 Å². The Bertz CT molecular complexity index is 959. The molecular formula is C17H15N5O. The van der Waals surface area contributed by atoms with Gasteiger partial charge in [-0.3, -0.25) is 9.48 Å². The lowest BCUT2D eigenvalue weighted by Gasteiger charge is -2.27. The highest BCUT2D eigenvalue weighted by molar-refractivity contribution is 6.00. The molecule has 1 amide bonds. The Kier molecular flexibility index (Phi) is 2.95. The van der Waals surface area contributed by atoms with E-state index in [-0.39, 0.29) is 5.91 Å². The van der Waals surface area contributed by atoms with Crippen LogP contribution in [0.3, 0.4) is 0 Å². The monoisotopic (exact) mass is 305 g/mol. The minimum atomic E-state index is -0.00958. The number of para-hydroxylation sites is 1. The second kappa shape index (κ2) is 4.99. The SMILES string of the molecule is Cc1c(C(=O)N2CCn3nc(C#N)cc3C2)[nH]c2ccccc12. The fraction of sp³-hybridized carbons (Fsp3) is 0.235. The Morgan fingerprint density at radius 2 is 2.17 bits per heavy atom. The zero-order valence-corrected chi connectivity index (χ0v) is 12.7. The summed E-state index contributed by atoms with van der Waals surface area (Å²) in [4.78, 5) is 17.9. The van der Waals surface area contributed by atoms with Crippen molar-refractivity contribution in [3.8, 4) is 6.07 Å². The van der Waals surface area contributed by atoms with E-state index in [1.54, 1.807) is 15.6 Å². The van der Waals surface area contributed by atoms with Crippen molar-refractivity contribution >= 4 is 16.8 Å². The van der Waals surface area contributed by atoms with E-state index in [4.69, 9.17) is 5.26 Å². The Labute approximate surface area is 132 Å². The lowest BCUT2D eigenvalue weighted by molar-refractivity contribution is 0.0700. The molecule has 2 aromatic heterocycles. The third-order valence-electron chi connectivity index (χ3n) is 4.38. The number of hydrogen-bond donors (Lipinski definition) is 1. The normalized spacial score (nSPS) is 13.8. The van der Waals surface area contributed by atoms with Crippen molar-refractivity contribution in [1.29, 1.82) is 5.26 Å². The first-order valence-corrected chi connectivity index (χ1v) is 7.51. The zero-order valence-electron chi connectivity index (χ0n) is 12.7. The number of fused-ring (bicyclic) bond motifs is 2. The predicted molar refractivity (Wildman–Crippen MR) is 84.7 cm³/mol. The standard InChI is InChI=1S/C17H15N5O/c1-11-14-4-2-3-5-15(14)19-16(11)17(23)21-6-7-22-13(10-21)8-12(9-18)20-22/h2-5,8,19H,6-7,10H2,1H3. The third-order valence-corrected chi connectivity index (χ3v) is 4.38. The summed E-state index contributed by atoms with van der Waals surface area (Å²) in [5.74, 6) is -0.00958. The first kappa shape index (κ1) is 13.6. The molecule has 0 atom stereocenters. The van der Waals surface area contributed by atoms with Crippen molar-refractivity contribution in [3.63, 3.8) is 0 Å². The van der Waals surface area contributed by atoms with Gasteiger partial charge in [0.15, 0.2) is 5.69 Å². The molecule has 114 valence electrons. The molecule has 3 aromatic rings. The van der Waals surface area contributed by atoms with Gasteiger partial charge in [0.05, 0.1) is 18.8 Å². The Morgan fingerprint density at radius 1 is 1.35 bits per heavy atom. The van der Waals surface area contributed by atoms with Gasteiger partial charge in [-0.1, -0.05) is 18.2 Å². The number of aryl methyl sites for hydroxylation is 1. The Balaban J connectivity index is 1.66. The summed E-state index contributed by atoms with van der Waals surface area (Å²) in [6.07, 6.45) is 0. The summed E-state index contributed by atoms with van der Waals surface area (Å²) in [7, 11) is 0. The molecule has 6 heteroatoms. The van der Waals surface area contributed by atoms with Gasteiger partial charge < -0.3 is 9.88 Å². The summed E-state index contributed by atoms with van der Waals surface area (Å²) in [6, 6.07) is 11.7. The van der Waals surface area contributed by atoms with Crippen LogP contribution in [0, 0.1) is 18.3 Å². The summed E-state index contributed by atoms with van der Waals surface area (Å²) < 4.78 is 1.81. The first-order chi connectivity index (χ1) is 11.2. The number of aromatic amines is 1. The highest BCUT2D eigenvalue weighted by Gasteiger charge is 2.25. The fourth-order valence-corrected chi connectivity index (χ4v) is 3.15. The van der Waals surface area contributed by atoms with E-state index in [0.717, 1.165) is 22.2 Å². The maximum atomic E-state index is 12.9. The summed E-state index contributed by atoms with van der Waals surface area (Å²) >= 11 is 0. The molecule has 4 rings (SSSR count). The fourth-order valence-electron chi connectivity index (χ4n) is 3.15. The molecule has 0 spiro atoms. The van der Waals surface area contributed by atoms with E-state index in [1.807, 2.05) is 37.3 Å². The summed E-state index contributed by atoms with van der Waals surface area (Å²) in [6.45, 7) is 3.64. The minimum Gasteiger partial charge on any atom is -0.350 e. The molecule has 0 fully saturated rings. The van der Waals surface area contributed by atoms with Crippen LogP contribution >= 0.6 is 0 Å². The molecule has 6 nitrogen and oxygen atoms in total. The first-order valence-electron chi connectivity index (χ1n) is 7.51. The molecule has 0 saturated carbocycles. The van der Waals surface area contributed by atoms with E-state index in [0.29, 0.717) is 31.0 Å². The van der Waals surface area contributed by atoms with Crippen molar-refractivity contribution in [1.82, 2.24) is 19.7 Å². The van der Waals surface area contributed by atoms with Crippen LogP contribution in [0.1, 0.15) is 27.4 Å². The number of nitrogens with zero attached hydrogens (tertiary/aromatic N) is 4. The topological polar surface area (TPSA) is 77.7 Å². The molecule has 0 unspecified atom stereocenters. The van der Waals surface area contributed by atoms with Crippen LogP contribution in [-0.4, -0.2) is 32.1 Å². The largest absolute Gasteiger partial charge is 0.350 e. The van der Waals surface area contributed by atoms with Gasteiger partial charge >= 0.3 is 0 Å². The lowest BCUT2D eigenvalue weighted by atomic mass is 10.1. The van der Waals surface area contributed by atoms with E-state index in [1.165, 1.54) is 0 Å². The van der Waals surface area contributed by atoms with Crippen molar-refractivity contribution in [3.05, 3.63) is 53.0 Å². The van der Waals surface area contributed by atoms with Crippen molar-refractivity contribution in [2.75, 3.05) is 6.54 Å². The van der Waals surface area contributed by atoms with Gasteiger partial charge in [-0.15, -0.1) is 0 Å². The molecule has 0 aliphatic carbocycles. The number of amides is 1. The molecule has 1 aliphatic rings. The highest BCUT2D eigenvalue weighted by atomic mass is 16.2. The van der Waals surface area contributed by atoms with Crippen LogP contribution in [0.4, 0.5) is 0 Å². The molecular weight excluding hydrogens is 290 g/mol. The van der Waals surface area contributed by atoms with Crippen LogP contribution in [0.15, 0.2) is 30.3 Å². The molecule has 1 N–H and O–H groups in total. The maximum absolute atomic E-state index is 12.9. The highest BCUT2D eigenvalue weighted by Crippen LogP contribution is 2.24. The average Bonchev–Trinajstić information content (AvgIpc) is 3.15. The molecule has 1 aliphatic heterocycles. The van der Waals surface area contributed by atoms with Crippen LogP contribution in [0.25, 0.3) is 10.9 Å². The lowest BCUT2D eigenvalue weighted by Crippen LogP contribution is -2.38. The van der Waals surface area contributed by atoms with E-state index < -0.39 is 0 Å². The number of nitrogens with one attached hydrogen (secondary N) is 1. The van der Waals surface area contributed by atoms with Gasteiger partial charge in [-0.25, -0.2) is 0 Å². The number of carbonyl (C=O) groups is 1. The molecule has 0 saturated heterocycles. The number of rotatable bonds is 1. The van der Waals surface area contributed by atoms with Crippen LogP contribution in [-0.2, 0) is 13.1 Å². The van der Waals surface area contributed by atoms with Crippen LogP contribution < -0.4 is 0 Å². The Hall–Kier alpha value is -3.07. The number of hydrogen-bond acceptors (Lipinski definition) is 3. The third kappa shape index (κ3) is 2.09. The van der Waals surface area contributed by atoms with Gasteiger partial charge in [-0.05, 0) is 24.6 Å². The maximum Gasteiger partial charge on any atom is 0.270 e. The summed E-state index contributed by atoms with van der Waals surface area (Å²) in [5, 5.41) is 14.2. The molecule has 0 bridgehead atoms. The summed E-state index contributed by atoms with van der Waals surface area (Å²) in [5.41, 5.74) is 3.88. The van der Waals surface area contributed by atoms with Crippen molar-refractivity contribution in [2.24, 2.45) is 0 Å². The zero-order chi connectivity index (χ0) is 16.0. The van der Waals surface area contributed by atoms with Gasteiger partial charge in [0.2, 0.25) is 0 Å². The number of aromatic nitrogens is 3. The number of benzene rings is 1. The second-order valence-corrected chi connectivity index (χ2v) is 5.75. The number of nitriles is 1. The van der Waals surface area contributed by atoms with Crippen molar-refractivity contribution in [2.45, 2.75) is 20.0 Å². The number of H-pyrrole nitrogens is 1. The smallest absolute Gasteiger partial charge is 0.270 e. The van der Waals surface area contributed by atoms with Gasteiger partial charge in [0.25, 0.3) is 5.91 Å². The second-order valence-electron chi connectivity index (χ2n) is 5.75. The Morgan fingerprint density at radius 3 is 2.96 bits per heavy atom. The van der Waals surface area contributed by atoms with Crippen LogP contribution in [0.2, 0.25) is 0 Å². The van der Waals surface area contributed by atoms with E-state index >= 15 is 0 Å². The predicted octanol–water partition coefficient (Wildman–Crippen LogP) is 2.20. The molecule has 3 heterocycles.